The molecule has 1 aromatic carbocycles. The highest BCUT2D eigenvalue weighted by Crippen LogP contribution is 2.54. The van der Waals surface area contributed by atoms with Crippen molar-refractivity contribution in [2.45, 2.75) is 37.5 Å². The number of nitrogens with two attached hydrogens (primary N) is 1. The van der Waals surface area contributed by atoms with Crippen LogP contribution < -0.4 is 5.73 Å². The topological polar surface area (TPSA) is 99.1 Å². The van der Waals surface area contributed by atoms with Gasteiger partial charge in [0.05, 0.1) is 40.2 Å². The molecule has 4 atom stereocenters. The van der Waals surface area contributed by atoms with E-state index >= 15 is 0 Å². The fraction of sp³-hybridized carbons (Fsp3) is 0.348. The van der Waals surface area contributed by atoms with Crippen molar-refractivity contribution in [2.24, 2.45) is 5.41 Å². The number of nitrogen functional groups attached to an aromatic ring is 1. The number of nitrogens with zero attached hydrogens (tertiary/aromatic N) is 4. The lowest BCUT2D eigenvalue weighted by molar-refractivity contribution is 0.0905. The molecule has 1 aliphatic carbocycles. The average Bonchev–Trinajstić information content (AvgIpc) is 3.46. The first-order valence-corrected chi connectivity index (χ1v) is 11.7. The maximum atomic E-state index is 11.0. The van der Waals surface area contributed by atoms with Gasteiger partial charge in [-0.2, -0.15) is 0 Å². The lowest BCUT2D eigenvalue weighted by atomic mass is 9.82. The number of benzene rings is 1. The molecule has 32 heavy (non-hydrogen) atoms. The van der Waals surface area contributed by atoms with Crippen LogP contribution in [-0.4, -0.2) is 37.3 Å². The summed E-state index contributed by atoms with van der Waals surface area (Å²) in [5, 5.41) is 13.2. The van der Waals surface area contributed by atoms with Gasteiger partial charge in [0.2, 0.25) is 0 Å². The van der Waals surface area contributed by atoms with E-state index in [1.807, 2.05) is 22.9 Å². The minimum atomic E-state index is -0.475. The van der Waals surface area contributed by atoms with Gasteiger partial charge in [-0.1, -0.05) is 23.7 Å². The average molecular weight is 515 g/mol. The van der Waals surface area contributed by atoms with Crippen molar-refractivity contribution in [3.63, 3.8) is 0 Å². The SMILES string of the molecule is Nc1nc2cc(C3C[C@]4(CO3)C[C@@H](O)[C@H](n3ccc5c(Cl)ncnc53)C4)ccc2cc1Br. The van der Waals surface area contributed by atoms with Crippen molar-refractivity contribution in [3.8, 4) is 0 Å². The van der Waals surface area contributed by atoms with E-state index in [-0.39, 0.29) is 17.6 Å². The van der Waals surface area contributed by atoms with E-state index in [9.17, 15) is 5.11 Å². The van der Waals surface area contributed by atoms with Crippen molar-refractivity contribution in [1.82, 2.24) is 19.5 Å². The Kier molecular flexibility index (Phi) is 4.69. The monoisotopic (exact) mass is 513 g/mol. The molecule has 1 spiro atoms. The molecule has 1 saturated heterocycles. The molecule has 1 aliphatic heterocycles. The van der Waals surface area contributed by atoms with Crippen LogP contribution in [-0.2, 0) is 4.74 Å². The van der Waals surface area contributed by atoms with E-state index in [0.29, 0.717) is 24.0 Å². The quantitative estimate of drug-likeness (QED) is 0.372. The largest absolute Gasteiger partial charge is 0.391 e. The van der Waals surface area contributed by atoms with Gasteiger partial charge in [-0.3, -0.25) is 0 Å². The molecule has 9 heteroatoms. The normalized spacial score (nSPS) is 27.8. The van der Waals surface area contributed by atoms with E-state index in [4.69, 9.17) is 22.1 Å². The van der Waals surface area contributed by atoms with E-state index in [1.54, 1.807) is 0 Å². The van der Waals surface area contributed by atoms with Crippen LogP contribution in [0.15, 0.2) is 47.3 Å². The molecule has 4 heterocycles. The molecule has 4 aromatic rings. The van der Waals surface area contributed by atoms with Crippen LogP contribution in [0.2, 0.25) is 5.15 Å². The molecule has 1 saturated carbocycles. The Morgan fingerprint density at radius 2 is 2.06 bits per heavy atom. The predicted octanol–water partition coefficient (Wildman–Crippen LogP) is 4.82. The lowest BCUT2D eigenvalue weighted by Crippen LogP contribution is -2.17. The first kappa shape index (κ1) is 20.4. The molecule has 6 rings (SSSR count). The molecule has 1 unspecified atom stereocenters. The van der Waals surface area contributed by atoms with Gasteiger partial charge in [0, 0.05) is 17.0 Å². The molecule has 2 aliphatic rings. The number of aromatic nitrogens is 4. The summed E-state index contributed by atoms with van der Waals surface area (Å²) >= 11 is 9.65. The summed E-state index contributed by atoms with van der Waals surface area (Å²) < 4.78 is 9.10. The minimum Gasteiger partial charge on any atom is -0.391 e. The van der Waals surface area contributed by atoms with Crippen LogP contribution >= 0.6 is 27.5 Å². The zero-order chi connectivity index (χ0) is 22.0. The maximum Gasteiger partial charge on any atom is 0.145 e. The van der Waals surface area contributed by atoms with Gasteiger partial charge in [0.1, 0.15) is 22.9 Å². The van der Waals surface area contributed by atoms with Gasteiger partial charge in [-0.25, -0.2) is 15.0 Å². The number of anilines is 1. The molecular weight excluding hydrogens is 494 g/mol. The van der Waals surface area contributed by atoms with Gasteiger partial charge in [0.25, 0.3) is 0 Å². The molecule has 3 aromatic heterocycles. The second-order valence-corrected chi connectivity index (χ2v) is 10.2. The van der Waals surface area contributed by atoms with Crippen molar-refractivity contribution in [1.29, 1.82) is 0 Å². The summed E-state index contributed by atoms with van der Waals surface area (Å²) in [6.07, 6.45) is 5.27. The zero-order valence-corrected chi connectivity index (χ0v) is 19.4. The predicted molar refractivity (Wildman–Crippen MR) is 126 cm³/mol. The second kappa shape index (κ2) is 7.38. The van der Waals surface area contributed by atoms with Crippen LogP contribution in [0, 0.1) is 5.41 Å². The number of halogens is 2. The standard InChI is InChI=1S/C23H21BrClN5O2/c24-15-5-12-1-2-13(6-16(12)29-21(15)26)19-9-23(10-32-19)7-17(18(31)8-23)30-4-3-14-20(25)27-11-28-22(14)30/h1-6,11,17-19,31H,7-10H2,(H2,26,29)/t17-,18-,19?,23-/m1/s1. The number of fused-ring (bicyclic) bond motifs is 2. The van der Waals surface area contributed by atoms with E-state index < -0.39 is 6.10 Å². The highest BCUT2D eigenvalue weighted by Gasteiger charge is 2.50. The molecule has 0 radical (unpaired) electrons. The lowest BCUT2D eigenvalue weighted by Gasteiger charge is -2.21. The summed E-state index contributed by atoms with van der Waals surface area (Å²) in [7, 11) is 0. The molecule has 0 bridgehead atoms. The Morgan fingerprint density at radius 1 is 1.19 bits per heavy atom. The molecule has 0 amide bonds. The highest BCUT2D eigenvalue weighted by atomic mass is 79.9. The summed E-state index contributed by atoms with van der Waals surface area (Å²) in [6.45, 7) is 0.619. The number of pyridine rings is 1. The van der Waals surface area contributed by atoms with Gasteiger partial charge in [0.15, 0.2) is 0 Å². The van der Waals surface area contributed by atoms with Crippen LogP contribution in [0.3, 0.4) is 0 Å². The van der Waals surface area contributed by atoms with Crippen molar-refractivity contribution in [2.75, 3.05) is 12.3 Å². The minimum absolute atomic E-state index is 0.0322. The highest BCUT2D eigenvalue weighted by molar-refractivity contribution is 9.10. The summed E-state index contributed by atoms with van der Waals surface area (Å²) in [5.74, 6) is 0.475. The van der Waals surface area contributed by atoms with Gasteiger partial charge in [-0.05, 0) is 59.0 Å². The van der Waals surface area contributed by atoms with E-state index in [1.165, 1.54) is 6.33 Å². The third kappa shape index (κ3) is 3.20. The van der Waals surface area contributed by atoms with Crippen LogP contribution in [0.1, 0.15) is 37.0 Å². The van der Waals surface area contributed by atoms with Crippen LogP contribution in [0.4, 0.5) is 5.82 Å². The fourth-order valence-electron chi connectivity index (χ4n) is 5.39. The Bertz CT molecular complexity index is 1360. The smallest absolute Gasteiger partial charge is 0.145 e. The number of ether oxygens (including phenoxy) is 1. The Balaban J connectivity index is 1.27. The number of hydrogen-bond donors (Lipinski definition) is 2. The zero-order valence-electron chi connectivity index (χ0n) is 17.1. The summed E-state index contributed by atoms with van der Waals surface area (Å²) in [5.41, 5.74) is 8.59. The number of rotatable bonds is 2. The van der Waals surface area contributed by atoms with Crippen LogP contribution in [0.25, 0.3) is 21.9 Å². The number of aliphatic hydroxyl groups is 1. The summed E-state index contributed by atoms with van der Waals surface area (Å²) in [4.78, 5) is 13.0. The Hall–Kier alpha value is -2.26. The third-order valence-corrected chi connectivity index (χ3v) is 7.89. The fourth-order valence-corrected chi connectivity index (χ4v) is 5.92. The van der Waals surface area contributed by atoms with Gasteiger partial charge >= 0.3 is 0 Å². The number of aliphatic hydroxyl groups excluding tert-OH is 1. The molecule has 7 nitrogen and oxygen atoms in total. The molecule has 2 fully saturated rings. The van der Waals surface area contributed by atoms with E-state index in [2.05, 4.69) is 49.1 Å². The van der Waals surface area contributed by atoms with E-state index in [0.717, 1.165) is 44.8 Å². The number of hydrogen-bond acceptors (Lipinski definition) is 6. The molecule has 3 N–H and O–H groups in total. The Labute approximate surface area is 197 Å². The van der Waals surface area contributed by atoms with Crippen LogP contribution in [0.5, 0.6) is 0 Å². The third-order valence-electron chi connectivity index (χ3n) is 6.95. The van der Waals surface area contributed by atoms with Gasteiger partial charge < -0.3 is 20.1 Å². The first-order valence-electron chi connectivity index (χ1n) is 10.5. The Morgan fingerprint density at radius 3 is 2.94 bits per heavy atom. The molecule has 164 valence electrons. The molecular formula is C23H21BrClN5O2. The van der Waals surface area contributed by atoms with Gasteiger partial charge in [-0.15, -0.1) is 0 Å². The summed E-state index contributed by atoms with van der Waals surface area (Å²) in [6, 6.07) is 10.0. The van der Waals surface area contributed by atoms with Crippen molar-refractivity contribution >= 4 is 55.3 Å². The first-order chi connectivity index (χ1) is 15.4. The van der Waals surface area contributed by atoms with Crippen molar-refractivity contribution < 1.29 is 9.84 Å². The maximum absolute atomic E-state index is 11.0. The second-order valence-electron chi connectivity index (χ2n) is 8.98. The van der Waals surface area contributed by atoms with Crippen molar-refractivity contribution in [3.05, 3.63) is 58.0 Å².